The molecule has 0 atom stereocenters. The van der Waals surface area contributed by atoms with Crippen LogP contribution in [0.5, 0.6) is 11.5 Å². The summed E-state index contributed by atoms with van der Waals surface area (Å²) in [7, 11) is -5.44. The molecule has 0 unspecified atom stereocenters. The van der Waals surface area contributed by atoms with Crippen molar-refractivity contribution in [2.45, 2.75) is 15.3 Å². The standard InChI is InChI=1S/C13H8F3NO3S2/c14-13(15,16)22(18,19)17-8-5-6-10-12(7-8)21-11-4-2-1-3-9(11)20-10/h1-7,17H. The number of ether oxygens (including phenoxy) is 1. The number of rotatable bonds is 2. The molecule has 22 heavy (non-hydrogen) atoms. The molecule has 1 heterocycles. The molecule has 4 nitrogen and oxygen atoms in total. The van der Waals surface area contributed by atoms with E-state index in [9.17, 15) is 21.6 Å². The third-order valence-electron chi connectivity index (χ3n) is 2.79. The molecule has 3 rings (SSSR count). The summed E-state index contributed by atoms with van der Waals surface area (Å²) in [5, 5.41) is 0. The van der Waals surface area contributed by atoms with Crippen molar-refractivity contribution in [2.75, 3.05) is 4.72 Å². The molecule has 0 aromatic heterocycles. The third kappa shape index (κ3) is 2.73. The van der Waals surface area contributed by atoms with Crippen molar-refractivity contribution in [1.82, 2.24) is 0 Å². The second kappa shape index (κ2) is 5.10. The number of sulfonamides is 1. The van der Waals surface area contributed by atoms with Crippen molar-refractivity contribution < 1.29 is 26.3 Å². The number of para-hydroxylation sites is 1. The van der Waals surface area contributed by atoms with Crippen LogP contribution < -0.4 is 9.46 Å². The van der Waals surface area contributed by atoms with Gasteiger partial charge < -0.3 is 4.74 Å². The van der Waals surface area contributed by atoms with Crippen molar-refractivity contribution in [2.24, 2.45) is 0 Å². The molecular formula is C13H8F3NO3S2. The number of hydrogen-bond acceptors (Lipinski definition) is 4. The highest BCUT2D eigenvalue weighted by atomic mass is 32.2. The normalized spacial score (nSPS) is 13.8. The van der Waals surface area contributed by atoms with E-state index < -0.39 is 15.5 Å². The first-order valence-electron chi connectivity index (χ1n) is 5.94. The van der Waals surface area contributed by atoms with E-state index >= 15 is 0 Å². The summed E-state index contributed by atoms with van der Waals surface area (Å²) in [6.45, 7) is 0. The van der Waals surface area contributed by atoms with Crippen LogP contribution in [0.2, 0.25) is 0 Å². The number of fused-ring (bicyclic) bond motifs is 2. The van der Waals surface area contributed by atoms with E-state index in [2.05, 4.69) is 0 Å². The van der Waals surface area contributed by atoms with Gasteiger partial charge in [-0.2, -0.15) is 21.6 Å². The maximum Gasteiger partial charge on any atom is 0.516 e. The molecule has 1 N–H and O–H groups in total. The maximum absolute atomic E-state index is 12.4. The zero-order chi connectivity index (χ0) is 16.0. The molecule has 0 aliphatic carbocycles. The van der Waals surface area contributed by atoms with E-state index in [1.165, 1.54) is 34.7 Å². The van der Waals surface area contributed by atoms with Crippen LogP contribution in [0, 0.1) is 0 Å². The number of anilines is 1. The Morgan fingerprint density at radius 2 is 1.68 bits per heavy atom. The lowest BCUT2D eigenvalue weighted by Gasteiger charge is -2.20. The summed E-state index contributed by atoms with van der Waals surface area (Å²) in [5.41, 5.74) is -5.54. The Labute approximate surface area is 128 Å². The van der Waals surface area contributed by atoms with Gasteiger partial charge in [0.15, 0.2) is 0 Å². The molecule has 0 spiro atoms. The molecule has 2 aromatic rings. The number of hydrogen-bond donors (Lipinski definition) is 1. The Balaban J connectivity index is 1.91. The van der Waals surface area contributed by atoms with Crippen molar-refractivity contribution in [3.8, 4) is 11.5 Å². The van der Waals surface area contributed by atoms with Crippen molar-refractivity contribution in [3.63, 3.8) is 0 Å². The largest absolute Gasteiger partial charge is 0.516 e. The molecule has 0 bridgehead atoms. The van der Waals surface area contributed by atoms with Gasteiger partial charge in [-0.3, -0.25) is 4.72 Å². The summed E-state index contributed by atoms with van der Waals surface area (Å²) in [6.07, 6.45) is 0. The van der Waals surface area contributed by atoms with Gasteiger partial charge in [0.2, 0.25) is 0 Å². The first kappa shape index (κ1) is 15.0. The molecule has 0 fully saturated rings. The van der Waals surface area contributed by atoms with E-state index in [4.69, 9.17) is 4.74 Å². The van der Waals surface area contributed by atoms with Gasteiger partial charge in [-0.05, 0) is 30.3 Å². The Morgan fingerprint density at radius 3 is 2.41 bits per heavy atom. The van der Waals surface area contributed by atoms with Crippen LogP contribution in [0.15, 0.2) is 52.3 Å². The first-order valence-corrected chi connectivity index (χ1v) is 8.24. The second-order valence-electron chi connectivity index (χ2n) is 4.36. The Bertz CT molecular complexity index is 835. The third-order valence-corrected chi connectivity index (χ3v) is 5.00. The summed E-state index contributed by atoms with van der Waals surface area (Å²) in [5.74, 6) is 1.10. The van der Waals surface area contributed by atoms with E-state index in [1.807, 2.05) is 0 Å². The molecule has 0 radical (unpaired) electrons. The number of halogens is 3. The van der Waals surface area contributed by atoms with Gasteiger partial charge in [0.05, 0.1) is 15.5 Å². The fourth-order valence-electron chi connectivity index (χ4n) is 1.80. The topological polar surface area (TPSA) is 55.4 Å². The molecule has 0 saturated carbocycles. The molecule has 2 aromatic carbocycles. The van der Waals surface area contributed by atoms with Crippen LogP contribution in [-0.4, -0.2) is 13.9 Å². The molecular weight excluding hydrogens is 339 g/mol. The second-order valence-corrected chi connectivity index (χ2v) is 7.12. The monoisotopic (exact) mass is 347 g/mol. The van der Waals surface area contributed by atoms with Crippen LogP contribution in [0.4, 0.5) is 18.9 Å². The van der Waals surface area contributed by atoms with Crippen LogP contribution in [0.25, 0.3) is 0 Å². The van der Waals surface area contributed by atoms with Crippen LogP contribution >= 0.6 is 11.8 Å². The maximum atomic E-state index is 12.4. The van der Waals surface area contributed by atoms with Gasteiger partial charge in [-0.25, -0.2) is 0 Å². The highest BCUT2D eigenvalue weighted by molar-refractivity contribution is 7.99. The van der Waals surface area contributed by atoms with Crippen LogP contribution in [0.3, 0.4) is 0 Å². The number of nitrogens with one attached hydrogen (secondary N) is 1. The lowest BCUT2D eigenvalue weighted by Crippen LogP contribution is -2.29. The fourth-order valence-corrected chi connectivity index (χ4v) is 3.35. The molecule has 1 aliphatic rings. The highest BCUT2D eigenvalue weighted by Gasteiger charge is 2.46. The minimum Gasteiger partial charge on any atom is -0.455 e. The molecule has 1 aliphatic heterocycles. The van der Waals surface area contributed by atoms with E-state index in [1.54, 1.807) is 24.3 Å². The molecule has 0 saturated heterocycles. The summed E-state index contributed by atoms with van der Waals surface area (Å²) >= 11 is 1.29. The van der Waals surface area contributed by atoms with Gasteiger partial charge in [-0.1, -0.05) is 23.9 Å². The Hall–Kier alpha value is -1.87. The summed E-state index contributed by atoms with van der Waals surface area (Å²) in [6, 6.07) is 11.1. The molecule has 116 valence electrons. The zero-order valence-electron chi connectivity index (χ0n) is 10.7. The quantitative estimate of drug-likeness (QED) is 0.755. The predicted molar refractivity (Wildman–Crippen MR) is 75.7 cm³/mol. The van der Waals surface area contributed by atoms with Crippen LogP contribution in [0.1, 0.15) is 0 Å². The summed E-state index contributed by atoms with van der Waals surface area (Å²) < 4.78 is 66.5. The minimum absolute atomic E-state index is 0.174. The first-order chi connectivity index (χ1) is 10.3. The molecule has 0 amide bonds. The SMILES string of the molecule is O=S(=O)(Nc1ccc2c(c1)Sc1ccccc1O2)C(F)(F)F. The molecule has 9 heteroatoms. The van der Waals surface area contributed by atoms with Gasteiger partial charge in [0.1, 0.15) is 11.5 Å². The lowest BCUT2D eigenvalue weighted by molar-refractivity contribution is -0.0429. The predicted octanol–water partition coefficient (Wildman–Crippen LogP) is 4.21. The number of benzene rings is 2. The van der Waals surface area contributed by atoms with Crippen molar-refractivity contribution >= 4 is 27.5 Å². The van der Waals surface area contributed by atoms with E-state index in [-0.39, 0.29) is 5.69 Å². The Morgan fingerprint density at radius 1 is 1.00 bits per heavy atom. The smallest absolute Gasteiger partial charge is 0.455 e. The van der Waals surface area contributed by atoms with Gasteiger partial charge >= 0.3 is 15.5 Å². The van der Waals surface area contributed by atoms with E-state index in [0.29, 0.717) is 16.4 Å². The van der Waals surface area contributed by atoms with Crippen molar-refractivity contribution in [3.05, 3.63) is 42.5 Å². The lowest BCUT2D eigenvalue weighted by atomic mass is 10.3. The van der Waals surface area contributed by atoms with Crippen molar-refractivity contribution in [1.29, 1.82) is 0 Å². The van der Waals surface area contributed by atoms with Gasteiger partial charge in [0.25, 0.3) is 0 Å². The van der Waals surface area contributed by atoms with Crippen LogP contribution in [-0.2, 0) is 10.0 Å². The Kier molecular flexibility index (Phi) is 3.48. The van der Waals surface area contributed by atoms with Gasteiger partial charge in [0, 0.05) is 0 Å². The fraction of sp³-hybridized carbons (Fsp3) is 0.0769. The highest BCUT2D eigenvalue weighted by Crippen LogP contribution is 2.47. The minimum atomic E-state index is -5.44. The average Bonchev–Trinajstić information content (AvgIpc) is 2.43. The van der Waals surface area contributed by atoms with Gasteiger partial charge in [-0.15, -0.1) is 0 Å². The zero-order valence-corrected chi connectivity index (χ0v) is 12.3. The van der Waals surface area contributed by atoms with E-state index in [0.717, 1.165) is 4.90 Å². The average molecular weight is 347 g/mol. The summed E-state index contributed by atoms with van der Waals surface area (Å²) in [4.78, 5) is 1.33. The number of alkyl halides is 3.